The van der Waals surface area contributed by atoms with Crippen LogP contribution in [-0.4, -0.2) is 22.2 Å². The Balaban J connectivity index is 0.000000487. The number of hydrogen-bond donors (Lipinski definition) is 2. The van der Waals surface area contributed by atoms with E-state index >= 15 is 0 Å². The van der Waals surface area contributed by atoms with Gasteiger partial charge in [-0.1, -0.05) is 17.7 Å². The van der Waals surface area contributed by atoms with E-state index in [-0.39, 0.29) is 11.1 Å². The van der Waals surface area contributed by atoms with Crippen molar-refractivity contribution >= 4 is 11.9 Å². The lowest BCUT2D eigenvalue weighted by molar-refractivity contribution is 0.0651. The molecule has 0 saturated carbocycles. The first-order valence-corrected chi connectivity index (χ1v) is 4.54. The molecule has 86 valence electrons. The molecule has 2 N–H and O–H groups in total. The van der Waals surface area contributed by atoms with E-state index in [1.807, 2.05) is 13.8 Å². The molecule has 1 aromatic carbocycles. The maximum atomic E-state index is 10.5. The molecule has 0 aliphatic carbocycles. The predicted octanol–water partition coefficient (Wildman–Crippen LogP) is 2.67. The minimum atomic E-state index is -1.23. The van der Waals surface area contributed by atoms with E-state index in [0.717, 1.165) is 0 Å². The zero-order valence-electron chi connectivity index (χ0n) is 9.23. The van der Waals surface area contributed by atoms with Crippen molar-refractivity contribution in [1.29, 1.82) is 0 Å². The van der Waals surface area contributed by atoms with Gasteiger partial charge in [-0.05, 0) is 26.0 Å². The Hall–Kier alpha value is -2.10. The molecule has 0 heterocycles. The van der Waals surface area contributed by atoms with Crippen molar-refractivity contribution in [3.05, 3.63) is 47.5 Å². The SMILES string of the molecule is C=C(C)C.O=C(O)c1ccccc1C(=O)O. The van der Waals surface area contributed by atoms with Crippen LogP contribution < -0.4 is 0 Å². The largest absolute Gasteiger partial charge is 0.478 e. The molecule has 0 radical (unpaired) electrons. The number of carboxylic acids is 2. The molecule has 1 rings (SSSR count). The molecule has 0 aliphatic rings. The number of carboxylic acid groups (broad SMARTS) is 2. The summed E-state index contributed by atoms with van der Waals surface area (Å²) in [6.45, 7) is 7.50. The zero-order chi connectivity index (χ0) is 12.7. The molecule has 1 aromatic rings. The van der Waals surface area contributed by atoms with Gasteiger partial charge in [0.25, 0.3) is 0 Å². The summed E-state index contributed by atoms with van der Waals surface area (Å²) >= 11 is 0. The highest BCUT2D eigenvalue weighted by molar-refractivity contribution is 6.01. The summed E-state index contributed by atoms with van der Waals surface area (Å²) in [6, 6.07) is 5.48. The second kappa shape index (κ2) is 6.40. The van der Waals surface area contributed by atoms with Crippen LogP contribution in [-0.2, 0) is 0 Å². The number of carbonyl (C=O) groups is 2. The van der Waals surface area contributed by atoms with Crippen LogP contribution in [0.2, 0.25) is 0 Å². The highest BCUT2D eigenvalue weighted by atomic mass is 16.4. The summed E-state index contributed by atoms with van der Waals surface area (Å²) in [5.41, 5.74) is 0.787. The van der Waals surface area contributed by atoms with E-state index in [2.05, 4.69) is 6.58 Å². The molecule has 4 nitrogen and oxygen atoms in total. The maximum absolute atomic E-state index is 10.5. The molecule has 0 saturated heterocycles. The van der Waals surface area contributed by atoms with Crippen molar-refractivity contribution in [2.45, 2.75) is 13.8 Å². The smallest absolute Gasteiger partial charge is 0.336 e. The second-order valence-electron chi connectivity index (χ2n) is 3.36. The van der Waals surface area contributed by atoms with Crippen molar-refractivity contribution < 1.29 is 19.8 Å². The Bertz CT molecular complexity index is 370. The first-order valence-electron chi connectivity index (χ1n) is 4.54. The lowest BCUT2D eigenvalue weighted by Gasteiger charge is -1.98. The minimum Gasteiger partial charge on any atom is -0.478 e. The van der Waals surface area contributed by atoms with E-state index in [4.69, 9.17) is 10.2 Å². The van der Waals surface area contributed by atoms with Gasteiger partial charge in [-0.25, -0.2) is 9.59 Å². The van der Waals surface area contributed by atoms with Crippen LogP contribution in [0, 0.1) is 0 Å². The van der Waals surface area contributed by atoms with E-state index < -0.39 is 11.9 Å². The van der Waals surface area contributed by atoms with Crippen LogP contribution in [0.3, 0.4) is 0 Å². The highest BCUT2D eigenvalue weighted by Crippen LogP contribution is 2.07. The van der Waals surface area contributed by atoms with Crippen LogP contribution in [0.1, 0.15) is 34.6 Å². The number of allylic oxidation sites excluding steroid dienone is 1. The van der Waals surface area contributed by atoms with Gasteiger partial charge in [0.2, 0.25) is 0 Å². The number of benzene rings is 1. The van der Waals surface area contributed by atoms with Crippen molar-refractivity contribution in [3.63, 3.8) is 0 Å². The fourth-order valence-corrected chi connectivity index (χ4v) is 0.856. The van der Waals surface area contributed by atoms with E-state index in [0.29, 0.717) is 0 Å². The van der Waals surface area contributed by atoms with Crippen molar-refractivity contribution in [1.82, 2.24) is 0 Å². The first-order chi connectivity index (χ1) is 7.36. The van der Waals surface area contributed by atoms with Gasteiger partial charge in [0.15, 0.2) is 0 Å². The standard InChI is InChI=1S/C8H6O4.C4H8/c9-7(10)5-3-1-2-4-6(5)8(11)12;1-4(2)3/h1-4H,(H,9,10)(H,11,12);1H2,2-3H3. The van der Waals surface area contributed by atoms with Crippen LogP contribution in [0.5, 0.6) is 0 Å². The monoisotopic (exact) mass is 222 g/mol. The Morgan fingerprint density at radius 2 is 1.25 bits per heavy atom. The van der Waals surface area contributed by atoms with Gasteiger partial charge in [-0.15, -0.1) is 6.58 Å². The van der Waals surface area contributed by atoms with E-state index in [1.54, 1.807) is 0 Å². The summed E-state index contributed by atoms with van der Waals surface area (Å²) in [7, 11) is 0. The van der Waals surface area contributed by atoms with Gasteiger partial charge in [0, 0.05) is 0 Å². The van der Waals surface area contributed by atoms with Gasteiger partial charge in [0.1, 0.15) is 0 Å². The summed E-state index contributed by atoms with van der Waals surface area (Å²) in [5, 5.41) is 17.1. The van der Waals surface area contributed by atoms with Crippen molar-refractivity contribution in [2.24, 2.45) is 0 Å². The molecule has 0 spiro atoms. The molecule has 4 heteroatoms. The van der Waals surface area contributed by atoms with E-state index in [1.165, 1.54) is 29.8 Å². The Morgan fingerprint density at radius 1 is 1.00 bits per heavy atom. The Labute approximate surface area is 93.8 Å². The maximum Gasteiger partial charge on any atom is 0.336 e. The first kappa shape index (κ1) is 13.9. The molecule has 0 amide bonds. The second-order valence-corrected chi connectivity index (χ2v) is 3.36. The average molecular weight is 222 g/mol. The van der Waals surface area contributed by atoms with Crippen LogP contribution in [0.25, 0.3) is 0 Å². The third kappa shape index (κ3) is 4.95. The molecule has 0 aromatic heterocycles. The van der Waals surface area contributed by atoms with Crippen molar-refractivity contribution in [2.75, 3.05) is 0 Å². The molecule has 0 aliphatic heterocycles. The minimum absolute atomic E-state index is 0.190. The summed E-state index contributed by atoms with van der Waals surface area (Å²) in [6.07, 6.45) is 0. The quantitative estimate of drug-likeness (QED) is 0.754. The molecular weight excluding hydrogens is 208 g/mol. The lowest BCUT2D eigenvalue weighted by atomic mass is 10.1. The lowest BCUT2D eigenvalue weighted by Crippen LogP contribution is -2.06. The molecule has 0 atom stereocenters. The molecule has 0 fully saturated rings. The van der Waals surface area contributed by atoms with Crippen LogP contribution in [0.15, 0.2) is 36.4 Å². The van der Waals surface area contributed by atoms with Gasteiger partial charge in [-0.2, -0.15) is 0 Å². The fraction of sp³-hybridized carbons (Fsp3) is 0.167. The Kier molecular flexibility index (Phi) is 5.56. The highest BCUT2D eigenvalue weighted by Gasteiger charge is 2.13. The third-order valence-electron chi connectivity index (χ3n) is 1.39. The van der Waals surface area contributed by atoms with Gasteiger partial charge in [0.05, 0.1) is 11.1 Å². The number of rotatable bonds is 2. The van der Waals surface area contributed by atoms with Gasteiger partial charge < -0.3 is 10.2 Å². The summed E-state index contributed by atoms with van der Waals surface area (Å²) in [5.74, 6) is -2.46. The fourth-order valence-electron chi connectivity index (χ4n) is 0.856. The summed E-state index contributed by atoms with van der Waals surface area (Å²) < 4.78 is 0. The predicted molar refractivity (Wildman–Crippen MR) is 60.8 cm³/mol. The van der Waals surface area contributed by atoms with Gasteiger partial charge in [-0.3, -0.25) is 0 Å². The number of aromatic carboxylic acids is 2. The zero-order valence-corrected chi connectivity index (χ0v) is 9.23. The van der Waals surface area contributed by atoms with Crippen molar-refractivity contribution in [3.8, 4) is 0 Å². The van der Waals surface area contributed by atoms with Crippen LogP contribution in [0.4, 0.5) is 0 Å². The average Bonchev–Trinajstić information content (AvgIpc) is 2.16. The molecule has 0 unspecified atom stereocenters. The third-order valence-corrected chi connectivity index (χ3v) is 1.39. The van der Waals surface area contributed by atoms with Crippen LogP contribution >= 0.6 is 0 Å². The topological polar surface area (TPSA) is 74.6 Å². The molecule has 16 heavy (non-hydrogen) atoms. The van der Waals surface area contributed by atoms with Gasteiger partial charge >= 0.3 is 11.9 Å². The van der Waals surface area contributed by atoms with E-state index in [9.17, 15) is 9.59 Å². The normalized spacial score (nSPS) is 8.62. The molecular formula is C12H14O4. The summed E-state index contributed by atoms with van der Waals surface area (Å²) in [4.78, 5) is 20.9. The Morgan fingerprint density at radius 3 is 1.44 bits per heavy atom. The molecule has 0 bridgehead atoms. The number of hydrogen-bond acceptors (Lipinski definition) is 2.